The van der Waals surface area contributed by atoms with Gasteiger partial charge in [-0.2, -0.15) is 4.31 Å². The normalized spacial score (nSPS) is 20.2. The lowest BCUT2D eigenvalue weighted by atomic mass is 9.93. The van der Waals surface area contributed by atoms with Crippen LogP contribution in [0.3, 0.4) is 0 Å². The molecule has 0 bridgehead atoms. The first-order valence-electron chi connectivity index (χ1n) is 11.4. The third-order valence-electron chi connectivity index (χ3n) is 6.08. The Bertz CT molecular complexity index is 704. The Morgan fingerprint density at radius 3 is 2.17 bits per heavy atom. The van der Waals surface area contributed by atoms with Crippen LogP contribution in [0.25, 0.3) is 0 Å². The molecule has 0 saturated heterocycles. The fourth-order valence-electron chi connectivity index (χ4n) is 4.02. The number of unbranched alkanes of at least 4 members (excludes halogenated alkanes) is 3. The molecule has 0 aromatic heterocycles. The second-order valence-corrected chi connectivity index (χ2v) is 10.5. The summed E-state index contributed by atoms with van der Waals surface area (Å²) in [5, 5.41) is 0. The maximum Gasteiger partial charge on any atom is 0.243 e. The molecule has 0 amide bonds. The number of benzene rings is 1. The van der Waals surface area contributed by atoms with Gasteiger partial charge in [0, 0.05) is 19.7 Å². The molecule has 7 heteroatoms. The van der Waals surface area contributed by atoms with Crippen LogP contribution < -0.4 is 0 Å². The molecular formula is C23H39FN2O3S. The van der Waals surface area contributed by atoms with Gasteiger partial charge in [-0.25, -0.2) is 12.8 Å². The molecule has 30 heavy (non-hydrogen) atoms. The van der Waals surface area contributed by atoms with Gasteiger partial charge in [0.15, 0.2) is 0 Å². The van der Waals surface area contributed by atoms with Crippen LogP contribution in [0.1, 0.15) is 64.7 Å². The lowest BCUT2D eigenvalue weighted by Crippen LogP contribution is -2.40. The highest BCUT2D eigenvalue weighted by Gasteiger charge is 2.31. The zero-order valence-corrected chi connectivity index (χ0v) is 19.7. The molecule has 0 heterocycles. The van der Waals surface area contributed by atoms with E-state index in [1.54, 1.807) is 7.05 Å². The van der Waals surface area contributed by atoms with Crippen LogP contribution in [0.2, 0.25) is 0 Å². The van der Waals surface area contributed by atoms with E-state index >= 15 is 0 Å². The third-order valence-corrected chi connectivity index (χ3v) is 8.00. The number of sulfonamides is 1. The molecule has 0 unspecified atom stereocenters. The molecule has 1 aliphatic rings. The first-order chi connectivity index (χ1) is 14.3. The van der Waals surface area contributed by atoms with E-state index in [4.69, 9.17) is 4.74 Å². The van der Waals surface area contributed by atoms with Crippen LogP contribution in [0.5, 0.6) is 0 Å². The molecule has 1 saturated carbocycles. The number of nitrogens with zero attached hydrogens (tertiary/aromatic N) is 2. The summed E-state index contributed by atoms with van der Waals surface area (Å²) in [7, 11) is 0.223. The molecule has 1 fully saturated rings. The molecule has 0 aliphatic heterocycles. The van der Waals surface area contributed by atoms with E-state index in [9.17, 15) is 12.8 Å². The Labute approximate surface area is 182 Å². The van der Waals surface area contributed by atoms with Crippen molar-refractivity contribution >= 4 is 10.0 Å². The summed E-state index contributed by atoms with van der Waals surface area (Å²) < 4.78 is 46.1. The molecule has 0 radical (unpaired) electrons. The van der Waals surface area contributed by atoms with Gasteiger partial charge in [0.05, 0.1) is 11.0 Å². The van der Waals surface area contributed by atoms with E-state index in [1.807, 2.05) is 0 Å². The molecule has 0 atom stereocenters. The van der Waals surface area contributed by atoms with Gasteiger partial charge in [0.2, 0.25) is 10.0 Å². The molecule has 172 valence electrons. The summed E-state index contributed by atoms with van der Waals surface area (Å²) in [4.78, 5) is 2.54. The van der Waals surface area contributed by atoms with E-state index in [-0.39, 0.29) is 17.0 Å². The van der Waals surface area contributed by atoms with Crippen LogP contribution >= 0.6 is 0 Å². The summed E-state index contributed by atoms with van der Waals surface area (Å²) in [5.74, 6) is -0.433. The first-order valence-corrected chi connectivity index (χ1v) is 12.8. The Hall–Kier alpha value is -1.02. The van der Waals surface area contributed by atoms with Crippen LogP contribution in [-0.2, 0) is 14.8 Å². The lowest BCUT2D eigenvalue weighted by molar-refractivity contribution is 0.0152. The van der Waals surface area contributed by atoms with Gasteiger partial charge in [0.25, 0.3) is 0 Å². The Kier molecular flexibility index (Phi) is 10.7. The Balaban J connectivity index is 1.65. The quantitative estimate of drug-likeness (QED) is 0.416. The summed E-state index contributed by atoms with van der Waals surface area (Å²) in [5.41, 5.74) is 0. The zero-order valence-electron chi connectivity index (χ0n) is 18.9. The number of hydrogen-bond donors (Lipinski definition) is 0. The number of hydrogen-bond acceptors (Lipinski definition) is 4. The number of ether oxygens (including phenoxy) is 1. The van der Waals surface area contributed by atoms with Crippen molar-refractivity contribution < 1.29 is 17.5 Å². The van der Waals surface area contributed by atoms with E-state index < -0.39 is 15.8 Å². The number of halogens is 1. The van der Waals surface area contributed by atoms with Crippen molar-refractivity contribution in [1.82, 2.24) is 9.21 Å². The van der Waals surface area contributed by atoms with Crippen molar-refractivity contribution in [2.75, 3.05) is 33.8 Å². The van der Waals surface area contributed by atoms with Crippen LogP contribution in [0.4, 0.5) is 4.39 Å². The highest BCUT2D eigenvalue weighted by atomic mass is 32.2. The average molecular weight is 443 g/mol. The molecule has 1 aromatic rings. The standard InChI is InChI=1S/C23H39FN2O3S/c1-4-5-6-17-25(2)18-7-8-19-29-22-13-11-21(12-14-22)26(3)30(27,28)23-15-9-20(24)10-16-23/h9-10,15-16,21-22H,4-8,11-14,17-19H2,1-3H3. The average Bonchev–Trinajstić information content (AvgIpc) is 2.74. The summed E-state index contributed by atoms with van der Waals surface area (Å²) in [6.07, 6.45) is 9.63. The third kappa shape index (κ3) is 7.91. The molecule has 2 rings (SSSR count). The lowest BCUT2D eigenvalue weighted by Gasteiger charge is -2.34. The smallest absolute Gasteiger partial charge is 0.243 e. The van der Waals surface area contributed by atoms with Crippen molar-refractivity contribution in [1.29, 1.82) is 0 Å². The van der Waals surface area contributed by atoms with Crippen LogP contribution in [-0.4, -0.2) is 63.6 Å². The van der Waals surface area contributed by atoms with Gasteiger partial charge in [-0.1, -0.05) is 19.8 Å². The van der Waals surface area contributed by atoms with E-state index in [0.717, 1.165) is 51.7 Å². The van der Waals surface area contributed by atoms with Crippen molar-refractivity contribution in [3.8, 4) is 0 Å². The second-order valence-electron chi connectivity index (χ2n) is 8.49. The van der Waals surface area contributed by atoms with Crippen molar-refractivity contribution in [3.63, 3.8) is 0 Å². The predicted molar refractivity (Wildman–Crippen MR) is 120 cm³/mol. The summed E-state index contributed by atoms with van der Waals surface area (Å²) in [6, 6.07) is 5.01. The molecule has 0 spiro atoms. The Morgan fingerprint density at radius 1 is 0.967 bits per heavy atom. The topological polar surface area (TPSA) is 49.9 Å². The van der Waals surface area contributed by atoms with Gasteiger partial charge in [-0.15, -0.1) is 0 Å². The molecule has 1 aromatic carbocycles. The Morgan fingerprint density at radius 2 is 1.57 bits per heavy atom. The maximum atomic E-state index is 13.1. The van der Waals surface area contributed by atoms with Crippen molar-refractivity contribution in [2.45, 2.75) is 81.8 Å². The second kappa shape index (κ2) is 12.7. The minimum absolute atomic E-state index is 0.0309. The van der Waals surface area contributed by atoms with Gasteiger partial charge in [0.1, 0.15) is 5.82 Å². The highest BCUT2D eigenvalue weighted by Crippen LogP contribution is 2.28. The van der Waals surface area contributed by atoms with Gasteiger partial charge >= 0.3 is 0 Å². The monoisotopic (exact) mass is 442 g/mol. The summed E-state index contributed by atoms with van der Waals surface area (Å²) in [6.45, 7) is 5.30. The SMILES string of the molecule is CCCCCN(C)CCCCOC1CCC(N(C)S(=O)(=O)c2ccc(F)cc2)CC1. The van der Waals surface area contributed by atoms with E-state index in [2.05, 4.69) is 18.9 Å². The molecule has 5 nitrogen and oxygen atoms in total. The van der Waals surface area contributed by atoms with Crippen molar-refractivity contribution in [3.05, 3.63) is 30.1 Å². The minimum atomic E-state index is -3.59. The fourth-order valence-corrected chi connectivity index (χ4v) is 5.44. The molecular weight excluding hydrogens is 403 g/mol. The highest BCUT2D eigenvalue weighted by molar-refractivity contribution is 7.89. The minimum Gasteiger partial charge on any atom is -0.378 e. The maximum absolute atomic E-state index is 13.1. The number of rotatable bonds is 13. The first kappa shape index (κ1) is 25.2. The van der Waals surface area contributed by atoms with Gasteiger partial charge in [-0.05, 0) is 89.3 Å². The predicted octanol–water partition coefficient (Wildman–Crippen LogP) is 4.68. The van der Waals surface area contributed by atoms with Crippen LogP contribution in [0, 0.1) is 5.82 Å². The van der Waals surface area contributed by atoms with E-state index in [1.165, 1.54) is 54.4 Å². The zero-order chi connectivity index (χ0) is 22.0. The fraction of sp³-hybridized carbons (Fsp3) is 0.739. The molecule has 1 aliphatic carbocycles. The summed E-state index contributed by atoms with van der Waals surface area (Å²) >= 11 is 0. The largest absolute Gasteiger partial charge is 0.378 e. The van der Waals surface area contributed by atoms with Crippen molar-refractivity contribution in [2.24, 2.45) is 0 Å². The van der Waals surface area contributed by atoms with Gasteiger partial charge in [-0.3, -0.25) is 0 Å². The van der Waals surface area contributed by atoms with E-state index in [0.29, 0.717) is 0 Å². The van der Waals surface area contributed by atoms with Gasteiger partial charge < -0.3 is 9.64 Å². The van der Waals surface area contributed by atoms with Crippen LogP contribution in [0.15, 0.2) is 29.2 Å². The molecule has 0 N–H and O–H groups in total.